The van der Waals surface area contributed by atoms with Crippen molar-refractivity contribution in [1.29, 1.82) is 0 Å². The van der Waals surface area contributed by atoms with E-state index in [4.69, 9.17) is 0 Å². The highest BCUT2D eigenvalue weighted by atomic mass is 16.3. The Hall–Kier alpha value is -1.39. The quantitative estimate of drug-likeness (QED) is 0.867. The topological polar surface area (TPSA) is 50.1 Å². The number of fused-ring (bicyclic) bond motifs is 1. The third-order valence-corrected chi connectivity index (χ3v) is 3.47. The number of aromatic nitrogens is 2. The lowest BCUT2D eigenvalue weighted by atomic mass is 10.0. The van der Waals surface area contributed by atoms with E-state index in [-0.39, 0.29) is 6.04 Å². The van der Waals surface area contributed by atoms with E-state index in [9.17, 15) is 5.11 Å². The molecular formula is C14H21N3O. The van der Waals surface area contributed by atoms with E-state index in [0.717, 1.165) is 29.0 Å². The molecule has 1 aromatic carbocycles. The Labute approximate surface area is 108 Å². The number of benzene rings is 1. The molecule has 98 valence electrons. The minimum atomic E-state index is -0.503. The molecule has 0 aliphatic heterocycles. The highest BCUT2D eigenvalue weighted by Crippen LogP contribution is 2.22. The van der Waals surface area contributed by atoms with Gasteiger partial charge in [0.1, 0.15) is 5.82 Å². The van der Waals surface area contributed by atoms with Gasteiger partial charge in [0, 0.05) is 13.1 Å². The number of rotatable bonds is 4. The standard InChI is InChI=1S/C14H21N3O/c1-5-15-9(2)14(18)11-6-7-13-12(8-11)16-10(3)17(13)4/h6-9,14-15,18H,5H2,1-4H3. The third kappa shape index (κ3) is 2.26. The van der Waals surface area contributed by atoms with E-state index in [1.165, 1.54) is 0 Å². The van der Waals surface area contributed by atoms with Crippen LogP contribution in [0.3, 0.4) is 0 Å². The van der Waals surface area contributed by atoms with Crippen LogP contribution < -0.4 is 5.32 Å². The first kappa shape index (κ1) is 13.1. The summed E-state index contributed by atoms with van der Waals surface area (Å²) in [5, 5.41) is 13.5. The van der Waals surface area contributed by atoms with Crippen LogP contribution in [0.25, 0.3) is 11.0 Å². The van der Waals surface area contributed by atoms with Crippen LogP contribution in [0.4, 0.5) is 0 Å². The van der Waals surface area contributed by atoms with Crippen LogP contribution in [-0.4, -0.2) is 27.2 Å². The van der Waals surface area contributed by atoms with Crippen molar-refractivity contribution in [1.82, 2.24) is 14.9 Å². The predicted octanol–water partition coefficient (Wildman–Crippen LogP) is 1.91. The van der Waals surface area contributed by atoms with Gasteiger partial charge < -0.3 is 15.0 Å². The van der Waals surface area contributed by atoms with Gasteiger partial charge in [-0.2, -0.15) is 0 Å². The summed E-state index contributed by atoms with van der Waals surface area (Å²) < 4.78 is 2.05. The molecule has 2 atom stereocenters. The second-order valence-corrected chi connectivity index (χ2v) is 4.76. The Morgan fingerprint density at radius 3 is 2.83 bits per heavy atom. The number of aliphatic hydroxyl groups excluding tert-OH is 1. The van der Waals surface area contributed by atoms with Gasteiger partial charge in [-0.05, 0) is 38.1 Å². The fourth-order valence-corrected chi connectivity index (χ4v) is 2.24. The van der Waals surface area contributed by atoms with Crippen LogP contribution >= 0.6 is 0 Å². The smallest absolute Gasteiger partial charge is 0.106 e. The van der Waals surface area contributed by atoms with Gasteiger partial charge in [-0.1, -0.05) is 13.0 Å². The van der Waals surface area contributed by atoms with Crippen LogP contribution in [0.1, 0.15) is 31.3 Å². The van der Waals surface area contributed by atoms with Gasteiger partial charge in [0.25, 0.3) is 0 Å². The molecule has 0 saturated carbocycles. The van der Waals surface area contributed by atoms with Crippen LogP contribution in [-0.2, 0) is 7.05 Å². The van der Waals surface area contributed by atoms with E-state index in [1.54, 1.807) is 0 Å². The molecular weight excluding hydrogens is 226 g/mol. The summed E-state index contributed by atoms with van der Waals surface area (Å²) in [5.41, 5.74) is 2.95. The van der Waals surface area contributed by atoms with E-state index in [0.29, 0.717) is 0 Å². The molecule has 4 nitrogen and oxygen atoms in total. The van der Waals surface area contributed by atoms with Crippen molar-refractivity contribution in [2.45, 2.75) is 32.9 Å². The molecule has 18 heavy (non-hydrogen) atoms. The minimum Gasteiger partial charge on any atom is -0.387 e. The molecule has 0 fully saturated rings. The van der Waals surface area contributed by atoms with Crippen molar-refractivity contribution in [2.75, 3.05) is 6.54 Å². The Morgan fingerprint density at radius 1 is 1.44 bits per heavy atom. The normalized spacial score (nSPS) is 14.9. The first-order chi connectivity index (χ1) is 8.54. The van der Waals surface area contributed by atoms with E-state index in [1.807, 2.05) is 46.0 Å². The fourth-order valence-electron chi connectivity index (χ4n) is 2.24. The second-order valence-electron chi connectivity index (χ2n) is 4.76. The Morgan fingerprint density at radius 2 is 2.17 bits per heavy atom. The number of hydrogen-bond donors (Lipinski definition) is 2. The van der Waals surface area contributed by atoms with Gasteiger partial charge in [0.15, 0.2) is 0 Å². The molecule has 0 aliphatic carbocycles. The van der Waals surface area contributed by atoms with Crippen molar-refractivity contribution in [3.8, 4) is 0 Å². The number of nitrogens with zero attached hydrogens (tertiary/aromatic N) is 2. The van der Waals surface area contributed by atoms with Crippen molar-refractivity contribution in [3.05, 3.63) is 29.6 Å². The SMILES string of the molecule is CCNC(C)C(O)c1ccc2c(c1)nc(C)n2C. The maximum atomic E-state index is 10.3. The maximum Gasteiger partial charge on any atom is 0.106 e. The lowest BCUT2D eigenvalue weighted by molar-refractivity contribution is 0.137. The van der Waals surface area contributed by atoms with Gasteiger partial charge in [0.2, 0.25) is 0 Å². The summed E-state index contributed by atoms with van der Waals surface area (Å²) in [7, 11) is 2.00. The summed E-state index contributed by atoms with van der Waals surface area (Å²) >= 11 is 0. The lowest BCUT2D eigenvalue weighted by Gasteiger charge is -2.19. The summed E-state index contributed by atoms with van der Waals surface area (Å²) in [6.07, 6.45) is -0.503. The zero-order chi connectivity index (χ0) is 13.3. The molecule has 2 aromatic rings. The number of likely N-dealkylation sites (N-methyl/N-ethyl adjacent to an activating group) is 1. The van der Waals surface area contributed by atoms with Crippen molar-refractivity contribution < 1.29 is 5.11 Å². The van der Waals surface area contributed by atoms with Crippen molar-refractivity contribution >= 4 is 11.0 Å². The molecule has 0 radical (unpaired) electrons. The first-order valence-corrected chi connectivity index (χ1v) is 6.39. The van der Waals surface area contributed by atoms with Crippen LogP contribution in [0.5, 0.6) is 0 Å². The Bertz CT molecular complexity index is 547. The fraction of sp³-hybridized carbons (Fsp3) is 0.500. The van der Waals surface area contributed by atoms with E-state index in [2.05, 4.69) is 14.9 Å². The summed E-state index contributed by atoms with van der Waals surface area (Å²) in [6.45, 7) is 6.86. The van der Waals surface area contributed by atoms with E-state index < -0.39 is 6.10 Å². The Balaban J connectivity index is 2.35. The van der Waals surface area contributed by atoms with Crippen LogP contribution in [0.2, 0.25) is 0 Å². The lowest BCUT2D eigenvalue weighted by Crippen LogP contribution is -2.31. The molecule has 2 rings (SSSR count). The average molecular weight is 247 g/mol. The zero-order valence-corrected chi connectivity index (χ0v) is 11.4. The summed E-state index contributed by atoms with van der Waals surface area (Å²) in [5.74, 6) is 0.983. The second kappa shape index (κ2) is 5.08. The number of aliphatic hydroxyl groups is 1. The monoisotopic (exact) mass is 247 g/mol. The highest BCUT2D eigenvalue weighted by molar-refractivity contribution is 5.76. The minimum absolute atomic E-state index is 0.0391. The summed E-state index contributed by atoms with van der Waals surface area (Å²) in [4.78, 5) is 4.49. The molecule has 0 spiro atoms. The number of imidazole rings is 1. The van der Waals surface area contributed by atoms with E-state index >= 15 is 0 Å². The van der Waals surface area contributed by atoms with Crippen molar-refractivity contribution in [3.63, 3.8) is 0 Å². The van der Waals surface area contributed by atoms with Gasteiger partial charge >= 0.3 is 0 Å². The third-order valence-electron chi connectivity index (χ3n) is 3.47. The largest absolute Gasteiger partial charge is 0.387 e. The van der Waals surface area contributed by atoms with Gasteiger partial charge in [-0.3, -0.25) is 0 Å². The molecule has 1 aromatic heterocycles. The molecule has 0 aliphatic rings. The Kier molecular flexibility index (Phi) is 3.68. The van der Waals surface area contributed by atoms with Crippen LogP contribution in [0.15, 0.2) is 18.2 Å². The molecule has 0 saturated heterocycles. The molecule has 0 bridgehead atoms. The molecule has 1 heterocycles. The number of hydrogen-bond acceptors (Lipinski definition) is 3. The average Bonchev–Trinajstić information content (AvgIpc) is 2.64. The molecule has 4 heteroatoms. The van der Waals surface area contributed by atoms with Gasteiger partial charge in [-0.15, -0.1) is 0 Å². The molecule has 0 amide bonds. The first-order valence-electron chi connectivity index (χ1n) is 6.39. The van der Waals surface area contributed by atoms with Gasteiger partial charge in [0.05, 0.1) is 17.1 Å². The number of aryl methyl sites for hydroxylation is 2. The molecule has 2 N–H and O–H groups in total. The van der Waals surface area contributed by atoms with Crippen LogP contribution in [0, 0.1) is 6.92 Å². The zero-order valence-electron chi connectivity index (χ0n) is 11.4. The number of nitrogens with one attached hydrogen (secondary N) is 1. The van der Waals surface area contributed by atoms with Crippen molar-refractivity contribution in [2.24, 2.45) is 7.05 Å². The maximum absolute atomic E-state index is 10.3. The van der Waals surface area contributed by atoms with Gasteiger partial charge in [-0.25, -0.2) is 4.98 Å². The predicted molar refractivity (Wildman–Crippen MR) is 73.5 cm³/mol. The highest BCUT2D eigenvalue weighted by Gasteiger charge is 2.16. The molecule has 2 unspecified atom stereocenters. The summed E-state index contributed by atoms with van der Waals surface area (Å²) in [6, 6.07) is 6.01.